The van der Waals surface area contributed by atoms with Gasteiger partial charge in [-0.15, -0.1) is 0 Å². The zero-order valence-corrected chi connectivity index (χ0v) is 20.4. The van der Waals surface area contributed by atoms with Gasteiger partial charge in [-0.05, 0) is 58.2 Å². The molecule has 1 N–H and O–H groups in total. The molecule has 0 unspecified atom stereocenters. The summed E-state index contributed by atoms with van der Waals surface area (Å²) in [5.74, 6) is 0.558. The summed E-state index contributed by atoms with van der Waals surface area (Å²) in [5.41, 5.74) is 0.553. The molecule has 4 rings (SSSR count). The minimum absolute atomic E-state index is 0.0667. The summed E-state index contributed by atoms with van der Waals surface area (Å²) in [6, 6.07) is 7.92. The zero-order valence-electron chi connectivity index (χ0n) is 20.4. The van der Waals surface area contributed by atoms with Gasteiger partial charge in [0.1, 0.15) is 17.0 Å². The maximum Gasteiger partial charge on any atom is 0.271 e. The predicted molar refractivity (Wildman–Crippen MR) is 129 cm³/mol. The van der Waals surface area contributed by atoms with E-state index < -0.39 is 5.54 Å². The molecule has 7 heteroatoms. The molecule has 1 saturated carbocycles. The molecule has 2 amide bonds. The highest BCUT2D eigenvalue weighted by atomic mass is 16.5. The Morgan fingerprint density at radius 1 is 1.21 bits per heavy atom. The van der Waals surface area contributed by atoms with Crippen LogP contribution in [0, 0.1) is 0 Å². The number of amides is 2. The van der Waals surface area contributed by atoms with Gasteiger partial charge in [-0.25, -0.2) is 0 Å². The maximum atomic E-state index is 13.7. The van der Waals surface area contributed by atoms with Crippen LogP contribution in [-0.2, 0) is 16.1 Å². The Hall–Kier alpha value is -2.54. The number of hydrogen-bond acceptors (Lipinski definition) is 4. The third-order valence-corrected chi connectivity index (χ3v) is 7.04. The second-order valence-corrected chi connectivity index (χ2v) is 9.85. The van der Waals surface area contributed by atoms with E-state index in [0.717, 1.165) is 42.3 Å². The lowest BCUT2D eigenvalue weighted by Gasteiger charge is -2.45. The van der Waals surface area contributed by atoms with E-state index in [9.17, 15) is 9.59 Å². The van der Waals surface area contributed by atoms with Gasteiger partial charge in [-0.1, -0.05) is 19.3 Å². The lowest BCUT2D eigenvalue weighted by atomic mass is 9.91. The Morgan fingerprint density at radius 2 is 1.97 bits per heavy atom. The fourth-order valence-corrected chi connectivity index (χ4v) is 5.14. The molecule has 0 radical (unpaired) electrons. The van der Waals surface area contributed by atoms with Crippen molar-refractivity contribution in [2.24, 2.45) is 0 Å². The summed E-state index contributed by atoms with van der Waals surface area (Å²) >= 11 is 0. The predicted octanol–water partition coefficient (Wildman–Crippen LogP) is 4.13. The fraction of sp³-hybridized carbons (Fsp3) is 0.615. The summed E-state index contributed by atoms with van der Waals surface area (Å²) in [6.07, 6.45) is 6.35. The van der Waals surface area contributed by atoms with Crippen LogP contribution in [0.1, 0.15) is 69.8 Å². The molecule has 7 nitrogen and oxygen atoms in total. The highest BCUT2D eigenvalue weighted by molar-refractivity contribution is 6.03. The average Bonchev–Trinajstić information content (AvgIpc) is 3.16. The molecular formula is C26H37N3O4. The minimum Gasteiger partial charge on any atom is -0.497 e. The standard InChI is InChI=1S/C26H37N3O4/c1-18(2)33-14-8-13-29-24(30)23-15-19-11-12-21(32-4)16-22(19)28(23)17-26(29,3)25(31)27-20-9-6-5-7-10-20/h11-12,15-16,18,20H,5-10,13-14,17H2,1-4H3,(H,27,31)/t26-/m1/s1. The molecule has 33 heavy (non-hydrogen) atoms. The van der Waals surface area contributed by atoms with Gasteiger partial charge in [0.2, 0.25) is 5.91 Å². The highest BCUT2D eigenvalue weighted by Crippen LogP contribution is 2.34. The number of fused-ring (bicyclic) bond motifs is 3. The number of nitrogens with one attached hydrogen (secondary N) is 1. The number of ether oxygens (including phenoxy) is 2. The van der Waals surface area contributed by atoms with E-state index in [1.807, 2.05) is 49.6 Å². The van der Waals surface area contributed by atoms with E-state index in [1.165, 1.54) is 6.42 Å². The average molecular weight is 456 g/mol. The van der Waals surface area contributed by atoms with Gasteiger partial charge in [-0.3, -0.25) is 9.59 Å². The van der Waals surface area contributed by atoms with E-state index in [-0.39, 0.29) is 24.0 Å². The molecule has 1 fully saturated rings. The van der Waals surface area contributed by atoms with Gasteiger partial charge in [-0.2, -0.15) is 0 Å². The number of rotatable bonds is 8. The minimum atomic E-state index is -0.978. The Bertz CT molecular complexity index is 1010. The molecule has 0 bridgehead atoms. The first-order valence-electron chi connectivity index (χ1n) is 12.3. The molecular weight excluding hydrogens is 418 g/mol. The smallest absolute Gasteiger partial charge is 0.271 e. The van der Waals surface area contributed by atoms with Gasteiger partial charge >= 0.3 is 0 Å². The molecule has 1 aliphatic heterocycles. The van der Waals surface area contributed by atoms with Crippen LogP contribution in [0.2, 0.25) is 0 Å². The van der Waals surface area contributed by atoms with Gasteiger partial charge in [0, 0.05) is 30.6 Å². The number of methoxy groups -OCH3 is 1. The van der Waals surface area contributed by atoms with Crippen molar-refractivity contribution in [2.45, 2.75) is 83.5 Å². The number of nitrogens with zero attached hydrogens (tertiary/aromatic N) is 2. The number of benzene rings is 1. The second kappa shape index (κ2) is 9.75. The van der Waals surface area contributed by atoms with Crippen molar-refractivity contribution in [3.05, 3.63) is 30.0 Å². The summed E-state index contributed by atoms with van der Waals surface area (Å²) in [4.78, 5) is 29.2. The second-order valence-electron chi connectivity index (χ2n) is 9.85. The van der Waals surface area contributed by atoms with Gasteiger partial charge in [0.15, 0.2) is 0 Å². The van der Waals surface area contributed by atoms with E-state index in [1.54, 1.807) is 12.0 Å². The Kier molecular flexibility index (Phi) is 6.98. The van der Waals surface area contributed by atoms with Crippen LogP contribution in [0.4, 0.5) is 0 Å². The normalized spacial score (nSPS) is 21.5. The SMILES string of the molecule is COc1ccc2cc3n(c2c1)C[C@](C)(C(=O)NC1CCCCC1)N(CCCOC(C)C)C3=O. The van der Waals surface area contributed by atoms with Crippen LogP contribution in [0.25, 0.3) is 10.9 Å². The number of carbonyl (C=O) groups is 2. The van der Waals surface area contributed by atoms with Crippen LogP contribution in [0.15, 0.2) is 24.3 Å². The van der Waals surface area contributed by atoms with E-state index >= 15 is 0 Å². The topological polar surface area (TPSA) is 72.8 Å². The summed E-state index contributed by atoms with van der Waals surface area (Å²) in [7, 11) is 1.63. The van der Waals surface area contributed by atoms with Crippen molar-refractivity contribution in [2.75, 3.05) is 20.3 Å². The van der Waals surface area contributed by atoms with Gasteiger partial charge in [0.05, 0.1) is 25.3 Å². The van der Waals surface area contributed by atoms with Crippen molar-refractivity contribution in [3.63, 3.8) is 0 Å². The lowest BCUT2D eigenvalue weighted by Crippen LogP contribution is -2.65. The Labute approximate surface area is 196 Å². The quantitative estimate of drug-likeness (QED) is 0.608. The molecule has 180 valence electrons. The highest BCUT2D eigenvalue weighted by Gasteiger charge is 2.47. The molecule has 1 aliphatic carbocycles. The van der Waals surface area contributed by atoms with Crippen molar-refractivity contribution < 1.29 is 19.1 Å². The van der Waals surface area contributed by atoms with Crippen molar-refractivity contribution >= 4 is 22.7 Å². The van der Waals surface area contributed by atoms with E-state index in [2.05, 4.69) is 5.32 Å². The van der Waals surface area contributed by atoms with Gasteiger partial charge in [0.25, 0.3) is 5.91 Å². The van der Waals surface area contributed by atoms with Crippen molar-refractivity contribution in [3.8, 4) is 5.75 Å². The zero-order chi connectivity index (χ0) is 23.6. The molecule has 1 aromatic carbocycles. The third kappa shape index (κ3) is 4.74. The number of aromatic nitrogens is 1. The van der Waals surface area contributed by atoms with E-state index in [0.29, 0.717) is 31.8 Å². The molecule has 0 saturated heterocycles. The Balaban J connectivity index is 1.66. The molecule has 2 aromatic rings. The molecule has 2 aliphatic rings. The van der Waals surface area contributed by atoms with Crippen molar-refractivity contribution in [1.82, 2.24) is 14.8 Å². The molecule has 1 aromatic heterocycles. The van der Waals surface area contributed by atoms with Gasteiger partial charge < -0.3 is 24.3 Å². The maximum absolute atomic E-state index is 13.7. The monoisotopic (exact) mass is 455 g/mol. The van der Waals surface area contributed by atoms with Crippen LogP contribution < -0.4 is 10.1 Å². The first-order chi connectivity index (χ1) is 15.8. The number of hydrogen-bond donors (Lipinski definition) is 1. The van der Waals surface area contributed by atoms with Crippen LogP contribution in [-0.4, -0.2) is 59.2 Å². The molecule has 0 spiro atoms. The first-order valence-corrected chi connectivity index (χ1v) is 12.3. The molecule has 2 heterocycles. The van der Waals surface area contributed by atoms with Crippen LogP contribution >= 0.6 is 0 Å². The Morgan fingerprint density at radius 3 is 2.67 bits per heavy atom. The molecule has 1 atom stereocenters. The van der Waals surface area contributed by atoms with Crippen molar-refractivity contribution in [1.29, 1.82) is 0 Å². The summed E-state index contributed by atoms with van der Waals surface area (Å²) in [6.45, 7) is 7.35. The van der Waals surface area contributed by atoms with Crippen LogP contribution in [0.5, 0.6) is 5.75 Å². The largest absolute Gasteiger partial charge is 0.497 e. The number of carbonyl (C=O) groups excluding carboxylic acids is 2. The lowest BCUT2D eigenvalue weighted by molar-refractivity contribution is -0.134. The van der Waals surface area contributed by atoms with Crippen LogP contribution in [0.3, 0.4) is 0 Å². The summed E-state index contributed by atoms with van der Waals surface area (Å²) in [5, 5.41) is 4.25. The van der Waals surface area contributed by atoms with E-state index in [4.69, 9.17) is 9.47 Å². The first kappa shape index (κ1) is 23.6. The summed E-state index contributed by atoms with van der Waals surface area (Å²) < 4.78 is 13.1. The third-order valence-electron chi connectivity index (χ3n) is 7.04. The fourth-order valence-electron chi connectivity index (χ4n) is 5.14.